The summed E-state index contributed by atoms with van der Waals surface area (Å²) < 4.78 is 67.9. The maximum Gasteiger partial charge on any atom is 1.00 e. The van der Waals surface area contributed by atoms with Crippen molar-refractivity contribution in [2.24, 2.45) is 20.5 Å². The Kier molecular flexibility index (Phi) is 10.1. The van der Waals surface area contributed by atoms with Crippen molar-refractivity contribution in [3.05, 3.63) is 84.4 Å². The first kappa shape index (κ1) is 30.6. The first-order valence-electron chi connectivity index (χ1n) is 9.99. The minimum Gasteiger partial charge on any atom is -0.744 e. The van der Waals surface area contributed by atoms with Crippen LogP contribution in [0.4, 0.5) is 22.7 Å². The Hall–Kier alpha value is -2.65. The van der Waals surface area contributed by atoms with E-state index < -0.39 is 30.0 Å². The molecule has 4 rings (SSSR count). The summed E-state index contributed by atoms with van der Waals surface area (Å²) in [6.45, 7) is 1.95. The Balaban J connectivity index is 0.00000241. The molecule has 0 atom stereocenters. The smallest absolute Gasteiger partial charge is 0.744 e. The van der Waals surface area contributed by atoms with Crippen molar-refractivity contribution < 1.29 is 63.7 Å². The van der Waals surface area contributed by atoms with Gasteiger partial charge < -0.3 is 9.11 Å². The summed E-state index contributed by atoms with van der Waals surface area (Å²) in [5.74, 6) is 0. The van der Waals surface area contributed by atoms with Crippen molar-refractivity contribution in [1.29, 1.82) is 0 Å². The van der Waals surface area contributed by atoms with E-state index >= 15 is 0 Å². The van der Waals surface area contributed by atoms with Gasteiger partial charge in [-0.3, -0.25) is 0 Å². The third kappa shape index (κ3) is 7.68. The summed E-state index contributed by atoms with van der Waals surface area (Å²) in [4.78, 5) is -0.852. The van der Waals surface area contributed by atoms with E-state index in [2.05, 4.69) is 20.5 Å². The molecule has 0 aliphatic heterocycles. The van der Waals surface area contributed by atoms with Crippen molar-refractivity contribution >= 4 is 53.8 Å². The normalized spacial score (nSPS) is 12.0. The quantitative estimate of drug-likeness (QED) is 0.193. The van der Waals surface area contributed by atoms with Crippen molar-refractivity contribution in [2.75, 3.05) is 0 Å². The van der Waals surface area contributed by atoms with Crippen LogP contribution >= 0.6 is 0 Å². The molecule has 0 spiro atoms. The molecule has 0 bridgehead atoms. The van der Waals surface area contributed by atoms with Crippen molar-refractivity contribution in [2.45, 2.75) is 16.7 Å². The van der Waals surface area contributed by atoms with E-state index in [0.29, 0.717) is 22.1 Å². The molecule has 178 valence electrons. The van der Waals surface area contributed by atoms with Crippen LogP contribution in [0.25, 0.3) is 10.8 Å². The van der Waals surface area contributed by atoms with Gasteiger partial charge in [0, 0.05) is 10.8 Å². The largest absolute Gasteiger partial charge is 1.00 e. The van der Waals surface area contributed by atoms with Gasteiger partial charge in [0.15, 0.2) is 0 Å². The average Bonchev–Trinajstić information content (AvgIpc) is 2.81. The molecule has 14 heteroatoms. The van der Waals surface area contributed by atoms with Crippen LogP contribution in [0.3, 0.4) is 0 Å². The summed E-state index contributed by atoms with van der Waals surface area (Å²) in [7, 11) is -9.33. The van der Waals surface area contributed by atoms with Gasteiger partial charge >= 0.3 is 37.7 Å². The predicted molar refractivity (Wildman–Crippen MR) is 126 cm³/mol. The monoisotopic (exact) mass is 522 g/mol. The van der Waals surface area contributed by atoms with Gasteiger partial charge in [-0.25, -0.2) is 16.8 Å². The van der Waals surface area contributed by atoms with Crippen LogP contribution in [-0.2, 0) is 20.2 Å². The average molecular weight is 522 g/mol. The minimum atomic E-state index is -4.73. The van der Waals surface area contributed by atoms with Gasteiger partial charge in [-0.1, -0.05) is 23.8 Å². The van der Waals surface area contributed by atoms with Gasteiger partial charge in [0.1, 0.15) is 20.2 Å². The maximum absolute atomic E-state index is 11.6. The van der Waals surface area contributed by atoms with Crippen LogP contribution in [-0.4, -0.2) is 25.9 Å². The number of hydrogen-bond donors (Lipinski definition) is 0. The van der Waals surface area contributed by atoms with Crippen LogP contribution in [0.1, 0.15) is 5.56 Å². The molecule has 0 aliphatic rings. The Labute approximate surface area is 237 Å². The van der Waals surface area contributed by atoms with Crippen molar-refractivity contribution in [3.8, 4) is 0 Å². The molecule has 4 aromatic carbocycles. The topological polar surface area (TPSA) is 164 Å². The predicted octanol–water partition coefficient (Wildman–Crippen LogP) is -0.205. The number of fused-ring (bicyclic) bond motifs is 1. The van der Waals surface area contributed by atoms with Gasteiger partial charge in [0.25, 0.3) is 0 Å². The van der Waals surface area contributed by atoms with Crippen LogP contribution < -0.4 is 37.7 Å². The summed E-state index contributed by atoms with van der Waals surface area (Å²) in [5, 5.41) is 17.4. The molecule has 0 saturated heterocycles. The fourth-order valence-electron chi connectivity index (χ4n) is 3.14. The van der Waals surface area contributed by atoms with E-state index in [1.54, 1.807) is 18.2 Å². The third-order valence-corrected chi connectivity index (χ3v) is 6.62. The number of benzene rings is 4. The Morgan fingerprint density at radius 2 is 0.973 bits per heavy atom. The molecular weight excluding hydrogens is 506 g/mol. The summed E-state index contributed by atoms with van der Waals surface area (Å²) in [6.07, 6.45) is 0. The first-order chi connectivity index (χ1) is 16.5. The SMILES string of the molecule is Cc1ccc(N=Nc2ccc(N=Nc3ccc(S(=O)(=O)[O-])cc3)c3cc(S(=O)(=O)[O-])ccc23)cc1.[Li+].[Li+]. The molecule has 0 amide bonds. The number of aryl methyl sites for hydroxylation is 1. The molecule has 0 heterocycles. The molecule has 0 N–H and O–H groups in total. The molecule has 0 aliphatic carbocycles. The molecule has 4 aromatic rings. The second-order valence-electron chi connectivity index (χ2n) is 7.45. The van der Waals surface area contributed by atoms with E-state index in [0.717, 1.165) is 17.7 Å². The number of rotatable bonds is 6. The fraction of sp³-hybridized carbons (Fsp3) is 0.0435. The molecule has 37 heavy (non-hydrogen) atoms. The van der Waals surface area contributed by atoms with E-state index in [1.807, 2.05) is 19.1 Å². The van der Waals surface area contributed by atoms with Gasteiger partial charge in [-0.05, 0) is 67.6 Å². The fourth-order valence-corrected chi connectivity index (χ4v) is 4.11. The van der Waals surface area contributed by atoms with Crippen molar-refractivity contribution in [3.63, 3.8) is 0 Å². The molecule has 10 nitrogen and oxygen atoms in total. The molecule has 0 fully saturated rings. The minimum absolute atomic E-state index is 0. The zero-order chi connectivity index (χ0) is 25.2. The Morgan fingerprint density at radius 3 is 1.46 bits per heavy atom. The van der Waals surface area contributed by atoms with E-state index in [1.165, 1.54) is 36.4 Å². The van der Waals surface area contributed by atoms with Crippen LogP contribution in [0.5, 0.6) is 0 Å². The van der Waals surface area contributed by atoms with E-state index in [9.17, 15) is 25.9 Å². The Bertz CT molecular complexity index is 1690. The van der Waals surface area contributed by atoms with Crippen LogP contribution in [0.2, 0.25) is 0 Å². The second kappa shape index (κ2) is 12.3. The molecule has 0 aromatic heterocycles. The number of hydrogen-bond acceptors (Lipinski definition) is 10. The van der Waals surface area contributed by atoms with E-state index in [-0.39, 0.29) is 49.1 Å². The van der Waals surface area contributed by atoms with Gasteiger partial charge in [0.2, 0.25) is 0 Å². The molecule has 0 radical (unpaired) electrons. The van der Waals surface area contributed by atoms with Crippen LogP contribution in [0.15, 0.2) is 109 Å². The van der Waals surface area contributed by atoms with Gasteiger partial charge in [-0.15, -0.1) is 10.2 Å². The van der Waals surface area contributed by atoms with Crippen molar-refractivity contribution in [1.82, 2.24) is 0 Å². The summed E-state index contributed by atoms with van der Waals surface area (Å²) in [6, 6.07) is 19.1. The molecule has 0 saturated carbocycles. The zero-order valence-corrected chi connectivity index (χ0v) is 21.7. The summed E-state index contributed by atoms with van der Waals surface area (Å²) in [5.41, 5.74) is 2.59. The number of azo groups is 2. The maximum atomic E-state index is 11.6. The van der Waals surface area contributed by atoms with E-state index in [4.69, 9.17) is 0 Å². The summed E-state index contributed by atoms with van der Waals surface area (Å²) >= 11 is 0. The standard InChI is InChI=1S/C23H18N4O6S2.2Li/c1-15-2-4-16(5-3-15)24-26-22-12-13-23(21-14-19(35(31,32)33)10-11-20(21)22)27-25-17-6-8-18(9-7-17)34(28,29)30;;/h2-14H,1H3,(H,28,29,30)(H,31,32,33);;/q;2*+1/p-2. The molecule has 0 unspecified atom stereocenters. The zero-order valence-electron chi connectivity index (χ0n) is 20.1. The van der Waals surface area contributed by atoms with Gasteiger partial charge in [-0.2, -0.15) is 10.2 Å². The third-order valence-electron chi connectivity index (χ3n) is 4.94. The van der Waals surface area contributed by atoms with Crippen LogP contribution in [0, 0.1) is 6.92 Å². The second-order valence-corrected chi connectivity index (χ2v) is 10.2. The first-order valence-corrected chi connectivity index (χ1v) is 12.8. The number of nitrogens with zero attached hydrogens (tertiary/aromatic N) is 4. The van der Waals surface area contributed by atoms with Gasteiger partial charge in [0.05, 0.1) is 32.5 Å². The molecular formula is C23H16Li2N4O6S2. The Morgan fingerprint density at radius 1 is 0.541 bits per heavy atom.